The van der Waals surface area contributed by atoms with Crippen LogP contribution in [0.1, 0.15) is 5.69 Å². The number of nitrogens with one attached hydrogen (secondary N) is 1. The number of hydrogen-bond acceptors (Lipinski definition) is 4. The van der Waals surface area contributed by atoms with Gasteiger partial charge in [-0.3, -0.25) is 0 Å². The molecule has 0 saturated heterocycles. The van der Waals surface area contributed by atoms with Gasteiger partial charge in [0.1, 0.15) is 5.82 Å². The number of furan rings is 1. The number of aromatic nitrogens is 2. The Morgan fingerprint density at radius 3 is 2.75 bits per heavy atom. The Morgan fingerprint density at radius 1 is 1.44 bits per heavy atom. The minimum Gasteiger partial charge on any atom is -0.460 e. The molecule has 2 rings (SSSR count). The maximum atomic E-state index is 5.34. The highest BCUT2D eigenvalue weighted by atomic mass is 127. The van der Waals surface area contributed by atoms with Crippen molar-refractivity contribution in [2.45, 2.75) is 6.92 Å². The zero-order valence-electron chi connectivity index (χ0n) is 8.71. The van der Waals surface area contributed by atoms with Crippen LogP contribution in [0.25, 0.3) is 11.6 Å². The van der Waals surface area contributed by atoms with Crippen molar-refractivity contribution in [2.24, 2.45) is 0 Å². The molecular formula is C10H9BrIN3O. The summed E-state index contributed by atoms with van der Waals surface area (Å²) in [6, 6.07) is 1.82. The van der Waals surface area contributed by atoms with Crippen molar-refractivity contribution < 1.29 is 4.42 Å². The highest BCUT2D eigenvalue weighted by Gasteiger charge is 2.14. The van der Waals surface area contributed by atoms with Gasteiger partial charge in [0.25, 0.3) is 0 Å². The van der Waals surface area contributed by atoms with E-state index in [1.54, 1.807) is 6.26 Å². The molecule has 0 radical (unpaired) electrons. The number of anilines is 1. The molecule has 2 aromatic rings. The molecule has 2 aromatic heterocycles. The van der Waals surface area contributed by atoms with Gasteiger partial charge in [-0.2, -0.15) is 0 Å². The number of rotatable bonds is 2. The maximum absolute atomic E-state index is 5.34. The predicted octanol–water partition coefficient (Wildman–Crippen LogP) is 3.45. The largest absolute Gasteiger partial charge is 0.460 e. The van der Waals surface area contributed by atoms with Crippen molar-refractivity contribution in [1.29, 1.82) is 0 Å². The van der Waals surface area contributed by atoms with E-state index in [9.17, 15) is 0 Å². The molecule has 0 bridgehead atoms. The monoisotopic (exact) mass is 393 g/mol. The van der Waals surface area contributed by atoms with E-state index in [1.807, 2.05) is 20.0 Å². The average molecular weight is 394 g/mol. The summed E-state index contributed by atoms with van der Waals surface area (Å²) in [5.41, 5.74) is 0.929. The van der Waals surface area contributed by atoms with Gasteiger partial charge in [0, 0.05) is 7.05 Å². The van der Waals surface area contributed by atoms with E-state index >= 15 is 0 Å². The minimum absolute atomic E-state index is 0.583. The van der Waals surface area contributed by atoms with E-state index in [1.165, 1.54) is 0 Å². The molecule has 0 spiro atoms. The Hall–Kier alpha value is -0.630. The van der Waals surface area contributed by atoms with Crippen LogP contribution in [0.4, 0.5) is 5.82 Å². The summed E-state index contributed by atoms with van der Waals surface area (Å²) in [4.78, 5) is 8.80. The molecule has 0 fully saturated rings. The third-order valence-corrected chi connectivity index (χ3v) is 3.99. The van der Waals surface area contributed by atoms with Crippen molar-refractivity contribution in [3.05, 3.63) is 26.1 Å². The van der Waals surface area contributed by atoms with Crippen molar-refractivity contribution in [3.63, 3.8) is 0 Å². The molecule has 6 heteroatoms. The fraction of sp³-hybridized carbons (Fsp3) is 0.200. The second-order valence-electron chi connectivity index (χ2n) is 3.14. The van der Waals surface area contributed by atoms with Gasteiger partial charge < -0.3 is 9.73 Å². The number of aryl methyl sites for hydroxylation is 1. The highest BCUT2D eigenvalue weighted by Crippen LogP contribution is 2.29. The predicted molar refractivity (Wildman–Crippen MR) is 74.4 cm³/mol. The topological polar surface area (TPSA) is 51.0 Å². The van der Waals surface area contributed by atoms with Crippen LogP contribution in [0.15, 0.2) is 21.2 Å². The molecule has 0 saturated carbocycles. The van der Waals surface area contributed by atoms with Gasteiger partial charge in [-0.1, -0.05) is 0 Å². The highest BCUT2D eigenvalue weighted by molar-refractivity contribution is 14.1. The van der Waals surface area contributed by atoms with Gasteiger partial charge in [0.15, 0.2) is 11.6 Å². The third kappa shape index (κ3) is 2.08. The summed E-state index contributed by atoms with van der Waals surface area (Å²) >= 11 is 5.61. The number of halogens is 2. The van der Waals surface area contributed by atoms with E-state index in [2.05, 4.69) is 53.8 Å². The first kappa shape index (κ1) is 11.8. The Balaban J connectivity index is 2.59. The van der Waals surface area contributed by atoms with Gasteiger partial charge in [0.05, 0.1) is 20.0 Å². The van der Waals surface area contributed by atoms with E-state index < -0.39 is 0 Å². The molecule has 0 aliphatic carbocycles. The maximum Gasteiger partial charge on any atom is 0.199 e. The molecule has 0 unspecified atom stereocenters. The molecule has 84 valence electrons. The Morgan fingerprint density at radius 2 is 2.19 bits per heavy atom. The molecule has 0 atom stereocenters. The van der Waals surface area contributed by atoms with Crippen LogP contribution in [-0.2, 0) is 0 Å². The quantitative estimate of drug-likeness (QED) is 0.794. The van der Waals surface area contributed by atoms with Crippen molar-refractivity contribution in [2.75, 3.05) is 12.4 Å². The van der Waals surface area contributed by atoms with E-state index in [-0.39, 0.29) is 0 Å². The van der Waals surface area contributed by atoms with Gasteiger partial charge in [-0.05, 0) is 51.5 Å². The molecule has 4 nitrogen and oxygen atoms in total. The van der Waals surface area contributed by atoms with Crippen LogP contribution in [-0.4, -0.2) is 17.0 Å². The zero-order valence-corrected chi connectivity index (χ0v) is 12.5. The summed E-state index contributed by atoms with van der Waals surface area (Å²) in [5, 5.41) is 3.04. The first-order valence-electron chi connectivity index (χ1n) is 4.58. The number of hydrogen-bond donors (Lipinski definition) is 1. The SMILES string of the molecule is CNc1nc(-c2occc2Br)nc(C)c1I. The molecule has 16 heavy (non-hydrogen) atoms. The number of nitrogens with zero attached hydrogens (tertiary/aromatic N) is 2. The molecule has 0 aromatic carbocycles. The van der Waals surface area contributed by atoms with Crippen LogP contribution in [0.5, 0.6) is 0 Å². The lowest BCUT2D eigenvalue weighted by atomic mass is 10.3. The Kier molecular flexibility index (Phi) is 3.48. The van der Waals surface area contributed by atoms with E-state index in [0.29, 0.717) is 11.6 Å². The fourth-order valence-electron chi connectivity index (χ4n) is 1.28. The second-order valence-corrected chi connectivity index (χ2v) is 5.08. The summed E-state index contributed by atoms with van der Waals surface area (Å²) in [6.07, 6.45) is 1.61. The van der Waals surface area contributed by atoms with Crippen LogP contribution in [0.3, 0.4) is 0 Å². The fourth-order valence-corrected chi connectivity index (χ4v) is 2.17. The summed E-state index contributed by atoms with van der Waals surface area (Å²) in [6.45, 7) is 1.95. The molecule has 2 heterocycles. The normalized spacial score (nSPS) is 10.5. The van der Waals surface area contributed by atoms with Gasteiger partial charge in [-0.25, -0.2) is 9.97 Å². The molecule has 1 N–H and O–H groups in total. The Bertz CT molecular complexity index is 527. The molecular weight excluding hydrogens is 385 g/mol. The van der Waals surface area contributed by atoms with Crippen molar-refractivity contribution >= 4 is 44.3 Å². The zero-order chi connectivity index (χ0) is 11.7. The van der Waals surface area contributed by atoms with Crippen molar-refractivity contribution in [1.82, 2.24) is 9.97 Å². The van der Waals surface area contributed by atoms with Crippen LogP contribution in [0.2, 0.25) is 0 Å². The molecule has 0 aliphatic rings. The summed E-state index contributed by atoms with van der Waals surface area (Å²) < 4.78 is 7.22. The lowest BCUT2D eigenvalue weighted by molar-refractivity contribution is 0.575. The third-order valence-electron chi connectivity index (χ3n) is 2.07. The molecule has 0 aliphatic heterocycles. The van der Waals surface area contributed by atoms with Crippen LogP contribution < -0.4 is 5.32 Å². The van der Waals surface area contributed by atoms with Gasteiger partial charge in [0.2, 0.25) is 0 Å². The first-order valence-corrected chi connectivity index (χ1v) is 6.46. The van der Waals surface area contributed by atoms with Crippen LogP contribution in [0, 0.1) is 10.5 Å². The van der Waals surface area contributed by atoms with Crippen LogP contribution >= 0.6 is 38.5 Å². The van der Waals surface area contributed by atoms with E-state index in [0.717, 1.165) is 19.6 Å². The lowest BCUT2D eigenvalue weighted by Gasteiger charge is -2.07. The summed E-state index contributed by atoms with van der Waals surface area (Å²) in [7, 11) is 1.84. The lowest BCUT2D eigenvalue weighted by Crippen LogP contribution is -2.02. The van der Waals surface area contributed by atoms with Crippen molar-refractivity contribution in [3.8, 4) is 11.6 Å². The standard InChI is InChI=1S/C10H9BrIN3O/c1-5-7(12)9(13-2)15-10(14-5)8-6(11)3-4-16-8/h3-4H,1-2H3,(H,13,14,15). The van der Waals surface area contributed by atoms with E-state index in [4.69, 9.17) is 4.42 Å². The van der Waals surface area contributed by atoms with Gasteiger partial charge in [-0.15, -0.1) is 0 Å². The minimum atomic E-state index is 0.583. The molecule has 0 amide bonds. The summed E-state index contributed by atoms with van der Waals surface area (Å²) in [5.74, 6) is 2.04. The second kappa shape index (κ2) is 4.70. The average Bonchev–Trinajstić information content (AvgIpc) is 2.68. The van der Waals surface area contributed by atoms with Gasteiger partial charge >= 0.3 is 0 Å². The smallest absolute Gasteiger partial charge is 0.199 e. The Labute approximate surface area is 115 Å². The first-order chi connectivity index (χ1) is 7.63.